The number of anilines is 1. The molecular formula is C13H19Cl2N3. The second kappa shape index (κ2) is 6.09. The molecule has 1 aliphatic heterocycles. The van der Waals surface area contributed by atoms with Crippen LogP contribution in [0.15, 0.2) is 12.1 Å². The summed E-state index contributed by atoms with van der Waals surface area (Å²) in [5.74, 6) is 1.35. The summed E-state index contributed by atoms with van der Waals surface area (Å²) >= 11 is 11.9. The SMILES string of the molecule is CN(C)C1CCCN(c2ccc(Cl)c(CCl)n2)C1. The van der Waals surface area contributed by atoms with Crippen LogP contribution in [0.4, 0.5) is 5.82 Å². The summed E-state index contributed by atoms with van der Waals surface area (Å²) in [5, 5.41) is 0.648. The molecule has 1 aromatic rings. The molecule has 0 spiro atoms. The number of alkyl halides is 1. The molecule has 1 saturated heterocycles. The van der Waals surface area contributed by atoms with Gasteiger partial charge in [0, 0.05) is 19.1 Å². The van der Waals surface area contributed by atoms with Gasteiger partial charge in [0.1, 0.15) is 5.82 Å². The highest BCUT2D eigenvalue weighted by molar-refractivity contribution is 6.32. The van der Waals surface area contributed by atoms with Crippen molar-refractivity contribution in [1.82, 2.24) is 9.88 Å². The van der Waals surface area contributed by atoms with Crippen LogP contribution in [0.25, 0.3) is 0 Å². The quantitative estimate of drug-likeness (QED) is 0.797. The second-order valence-corrected chi connectivity index (χ2v) is 5.61. The number of hydrogen-bond donors (Lipinski definition) is 0. The molecule has 1 fully saturated rings. The first-order valence-electron chi connectivity index (χ1n) is 6.24. The van der Waals surface area contributed by atoms with Gasteiger partial charge in [-0.2, -0.15) is 0 Å². The summed E-state index contributed by atoms with van der Waals surface area (Å²) < 4.78 is 0. The molecule has 5 heteroatoms. The van der Waals surface area contributed by atoms with E-state index in [0.29, 0.717) is 16.9 Å². The maximum absolute atomic E-state index is 6.04. The predicted molar refractivity (Wildman–Crippen MR) is 77.7 cm³/mol. The van der Waals surface area contributed by atoms with Crippen LogP contribution in [0.5, 0.6) is 0 Å². The summed E-state index contributed by atoms with van der Waals surface area (Å²) in [6, 6.07) is 4.47. The zero-order valence-corrected chi connectivity index (χ0v) is 12.4. The standard InChI is InChI=1S/C13H19Cl2N3/c1-17(2)10-4-3-7-18(9-10)13-6-5-11(15)12(8-14)16-13/h5-6,10H,3-4,7-9H2,1-2H3. The minimum atomic E-state index is 0.359. The second-order valence-electron chi connectivity index (χ2n) is 4.94. The van der Waals surface area contributed by atoms with Gasteiger partial charge in [0.2, 0.25) is 0 Å². The number of nitrogens with zero attached hydrogens (tertiary/aromatic N) is 3. The third kappa shape index (κ3) is 3.08. The zero-order chi connectivity index (χ0) is 13.1. The smallest absolute Gasteiger partial charge is 0.129 e. The van der Waals surface area contributed by atoms with Crippen molar-refractivity contribution in [2.75, 3.05) is 32.1 Å². The number of likely N-dealkylation sites (N-methyl/N-ethyl adjacent to an activating group) is 1. The fourth-order valence-corrected chi connectivity index (χ4v) is 2.77. The van der Waals surface area contributed by atoms with Gasteiger partial charge in [-0.05, 0) is 39.1 Å². The molecule has 1 aliphatic rings. The van der Waals surface area contributed by atoms with E-state index in [2.05, 4.69) is 28.9 Å². The molecule has 3 nitrogen and oxygen atoms in total. The molecule has 2 heterocycles. The van der Waals surface area contributed by atoms with Crippen molar-refractivity contribution < 1.29 is 0 Å². The van der Waals surface area contributed by atoms with E-state index >= 15 is 0 Å². The lowest BCUT2D eigenvalue weighted by atomic mass is 10.0. The Kier molecular flexibility index (Phi) is 4.71. The van der Waals surface area contributed by atoms with Gasteiger partial charge in [0.25, 0.3) is 0 Å². The van der Waals surface area contributed by atoms with Crippen molar-refractivity contribution >= 4 is 29.0 Å². The fraction of sp³-hybridized carbons (Fsp3) is 0.615. The maximum atomic E-state index is 6.04. The first-order valence-corrected chi connectivity index (χ1v) is 7.16. The van der Waals surface area contributed by atoms with E-state index in [4.69, 9.17) is 23.2 Å². The topological polar surface area (TPSA) is 19.4 Å². The van der Waals surface area contributed by atoms with Gasteiger partial charge in [0.05, 0.1) is 16.6 Å². The number of piperidine rings is 1. The van der Waals surface area contributed by atoms with E-state index in [1.165, 1.54) is 12.8 Å². The number of halogens is 2. The Bertz CT molecular complexity index is 409. The molecule has 2 rings (SSSR count). The Balaban J connectivity index is 2.15. The van der Waals surface area contributed by atoms with Gasteiger partial charge in [-0.1, -0.05) is 11.6 Å². The summed E-state index contributed by atoms with van der Waals surface area (Å²) in [7, 11) is 4.27. The number of aromatic nitrogens is 1. The zero-order valence-electron chi connectivity index (χ0n) is 10.9. The molecular weight excluding hydrogens is 269 g/mol. The van der Waals surface area contributed by atoms with Crippen LogP contribution in [0, 0.1) is 0 Å². The van der Waals surface area contributed by atoms with Crippen LogP contribution < -0.4 is 4.90 Å². The number of rotatable bonds is 3. The number of hydrogen-bond acceptors (Lipinski definition) is 3. The van der Waals surface area contributed by atoms with E-state index in [9.17, 15) is 0 Å². The van der Waals surface area contributed by atoms with Crippen molar-refractivity contribution in [3.8, 4) is 0 Å². The van der Waals surface area contributed by atoms with Gasteiger partial charge in [-0.25, -0.2) is 4.98 Å². The van der Waals surface area contributed by atoms with Crippen LogP contribution in [0.3, 0.4) is 0 Å². The van der Waals surface area contributed by atoms with Crippen molar-refractivity contribution in [3.05, 3.63) is 22.8 Å². The average molecular weight is 288 g/mol. The minimum absolute atomic E-state index is 0.359. The van der Waals surface area contributed by atoms with Crippen LogP contribution >= 0.6 is 23.2 Å². The Morgan fingerprint density at radius 2 is 2.22 bits per heavy atom. The van der Waals surface area contributed by atoms with E-state index < -0.39 is 0 Å². The molecule has 1 aromatic heterocycles. The van der Waals surface area contributed by atoms with Gasteiger partial charge >= 0.3 is 0 Å². The number of pyridine rings is 1. The Morgan fingerprint density at radius 3 is 2.89 bits per heavy atom. The van der Waals surface area contributed by atoms with Crippen LogP contribution in [-0.4, -0.2) is 43.1 Å². The average Bonchev–Trinajstić information content (AvgIpc) is 2.39. The highest BCUT2D eigenvalue weighted by atomic mass is 35.5. The van der Waals surface area contributed by atoms with E-state index in [-0.39, 0.29) is 0 Å². The van der Waals surface area contributed by atoms with Crippen molar-refractivity contribution in [2.24, 2.45) is 0 Å². The first-order chi connectivity index (χ1) is 8.61. The van der Waals surface area contributed by atoms with E-state index in [0.717, 1.165) is 24.6 Å². The van der Waals surface area contributed by atoms with Crippen molar-refractivity contribution in [3.63, 3.8) is 0 Å². The van der Waals surface area contributed by atoms with Crippen LogP contribution in [0.2, 0.25) is 5.02 Å². The molecule has 0 amide bonds. The Labute approximate surface area is 119 Å². The first kappa shape index (κ1) is 13.9. The largest absolute Gasteiger partial charge is 0.355 e. The molecule has 18 heavy (non-hydrogen) atoms. The lowest BCUT2D eigenvalue weighted by Crippen LogP contribution is -2.45. The minimum Gasteiger partial charge on any atom is -0.355 e. The molecule has 0 N–H and O–H groups in total. The molecule has 0 aromatic carbocycles. The summed E-state index contributed by atoms with van der Waals surface area (Å²) in [6.07, 6.45) is 2.45. The van der Waals surface area contributed by atoms with Gasteiger partial charge in [-0.15, -0.1) is 11.6 Å². The third-order valence-electron chi connectivity index (χ3n) is 3.48. The predicted octanol–water partition coefficient (Wildman–Crippen LogP) is 3.00. The van der Waals surface area contributed by atoms with Gasteiger partial charge in [0.15, 0.2) is 0 Å². The monoisotopic (exact) mass is 287 g/mol. The van der Waals surface area contributed by atoms with Crippen molar-refractivity contribution in [2.45, 2.75) is 24.8 Å². The lowest BCUT2D eigenvalue weighted by molar-refractivity contribution is 0.257. The fourth-order valence-electron chi connectivity index (χ4n) is 2.33. The summed E-state index contributed by atoms with van der Waals surface area (Å²) in [5.41, 5.74) is 0.766. The Morgan fingerprint density at radius 1 is 1.44 bits per heavy atom. The van der Waals surface area contributed by atoms with Gasteiger partial charge in [-0.3, -0.25) is 0 Å². The molecule has 1 atom stereocenters. The third-order valence-corrected chi connectivity index (χ3v) is 4.08. The normalized spacial score (nSPS) is 20.5. The summed E-state index contributed by atoms with van der Waals surface area (Å²) in [4.78, 5) is 9.15. The summed E-state index contributed by atoms with van der Waals surface area (Å²) in [6.45, 7) is 2.07. The lowest BCUT2D eigenvalue weighted by Gasteiger charge is -2.37. The molecule has 100 valence electrons. The molecule has 0 radical (unpaired) electrons. The van der Waals surface area contributed by atoms with E-state index in [1.807, 2.05) is 12.1 Å². The molecule has 0 aliphatic carbocycles. The molecule has 0 bridgehead atoms. The highest BCUT2D eigenvalue weighted by Gasteiger charge is 2.22. The van der Waals surface area contributed by atoms with Crippen LogP contribution in [-0.2, 0) is 5.88 Å². The molecule has 1 unspecified atom stereocenters. The molecule has 0 saturated carbocycles. The maximum Gasteiger partial charge on any atom is 0.129 e. The van der Waals surface area contributed by atoms with Crippen LogP contribution in [0.1, 0.15) is 18.5 Å². The highest BCUT2D eigenvalue weighted by Crippen LogP contribution is 2.24. The van der Waals surface area contributed by atoms with Gasteiger partial charge < -0.3 is 9.80 Å². The van der Waals surface area contributed by atoms with Crippen molar-refractivity contribution in [1.29, 1.82) is 0 Å². The Hall–Kier alpha value is -0.510. The van der Waals surface area contributed by atoms with E-state index in [1.54, 1.807) is 0 Å².